The summed E-state index contributed by atoms with van der Waals surface area (Å²) in [5.41, 5.74) is -0.744. The molecule has 0 aromatic carbocycles. The van der Waals surface area contributed by atoms with E-state index in [4.69, 9.17) is 33.2 Å². The highest BCUT2D eigenvalue weighted by Crippen LogP contribution is 2.25. The number of amides is 3. The van der Waals surface area contributed by atoms with Gasteiger partial charge in [-0.2, -0.15) is 0 Å². The van der Waals surface area contributed by atoms with Gasteiger partial charge in [0.2, 0.25) is 11.8 Å². The molecule has 3 aliphatic rings. The second-order valence-corrected chi connectivity index (χ2v) is 15.5. The zero-order chi connectivity index (χ0) is 44.7. The Hall–Kier alpha value is -2.51. The smallest absolute Gasteiger partial charge is 0.407 e. The van der Waals surface area contributed by atoms with Crippen molar-refractivity contribution in [1.29, 1.82) is 0 Å². The van der Waals surface area contributed by atoms with E-state index in [1.54, 1.807) is 25.7 Å². The van der Waals surface area contributed by atoms with E-state index in [9.17, 15) is 70.6 Å². The molecule has 15 atom stereocenters. The highest BCUT2D eigenvalue weighted by molar-refractivity contribution is 5.76. The largest absolute Gasteiger partial charge is 0.444 e. The van der Waals surface area contributed by atoms with Crippen LogP contribution in [-0.4, -0.2) is 249 Å². The van der Waals surface area contributed by atoms with Gasteiger partial charge in [-0.05, 0) is 20.8 Å². The number of nitrogens with zero attached hydrogens (tertiary/aromatic N) is 1. The van der Waals surface area contributed by atoms with Crippen molar-refractivity contribution in [3.63, 3.8) is 0 Å². The lowest BCUT2D eigenvalue weighted by molar-refractivity contribution is -0.300. The van der Waals surface area contributed by atoms with E-state index in [-0.39, 0.29) is 71.9 Å². The van der Waals surface area contributed by atoms with Crippen molar-refractivity contribution in [2.24, 2.45) is 0 Å². The Kier molecular flexibility index (Phi) is 21.6. The van der Waals surface area contributed by atoms with Crippen LogP contribution in [0.3, 0.4) is 0 Å². The Bertz CT molecular complexity index is 1240. The van der Waals surface area contributed by atoms with Gasteiger partial charge in [-0.1, -0.05) is 0 Å². The normalized spacial score (nSPS) is 34.9. The molecule has 0 aliphatic carbocycles. The van der Waals surface area contributed by atoms with Crippen LogP contribution in [0.1, 0.15) is 33.6 Å². The first-order valence-electron chi connectivity index (χ1n) is 19.7. The van der Waals surface area contributed by atoms with Crippen molar-refractivity contribution in [3.8, 4) is 0 Å². The maximum atomic E-state index is 12.8. The van der Waals surface area contributed by atoms with Crippen LogP contribution in [0.2, 0.25) is 0 Å². The zero-order valence-electron chi connectivity index (χ0n) is 33.8. The average molecular weight is 877 g/mol. The first-order valence-corrected chi connectivity index (χ1v) is 19.7. The molecule has 3 amide bonds. The van der Waals surface area contributed by atoms with Crippen molar-refractivity contribution in [2.45, 2.75) is 131 Å². The molecular weight excluding hydrogens is 812 g/mol. The topological polar surface area (TPSA) is 378 Å². The third-order valence-corrected chi connectivity index (χ3v) is 9.58. The monoisotopic (exact) mass is 876 g/mol. The van der Waals surface area contributed by atoms with Crippen molar-refractivity contribution < 1.29 is 104 Å². The number of carbonyl (C=O) groups is 3. The van der Waals surface area contributed by atoms with Gasteiger partial charge in [0.15, 0.2) is 18.9 Å². The van der Waals surface area contributed by atoms with Crippen LogP contribution in [0.25, 0.3) is 0 Å². The van der Waals surface area contributed by atoms with E-state index < -0.39 is 129 Å². The molecule has 3 fully saturated rings. The van der Waals surface area contributed by atoms with Gasteiger partial charge in [-0.15, -0.1) is 0 Å². The fraction of sp³-hybridized carbons (Fsp3) is 0.914. The van der Waals surface area contributed by atoms with E-state index in [1.165, 1.54) is 0 Å². The lowest BCUT2D eigenvalue weighted by atomic mass is 9.98. The van der Waals surface area contributed by atoms with Gasteiger partial charge in [0, 0.05) is 52.1 Å². The van der Waals surface area contributed by atoms with Crippen molar-refractivity contribution in [1.82, 2.24) is 20.9 Å². The van der Waals surface area contributed by atoms with Crippen molar-refractivity contribution in [3.05, 3.63) is 0 Å². The Morgan fingerprint density at radius 3 is 1.25 bits per heavy atom. The summed E-state index contributed by atoms with van der Waals surface area (Å²) in [6.45, 7) is 2.72. The van der Waals surface area contributed by atoms with Crippen molar-refractivity contribution in [2.75, 3.05) is 72.3 Å². The first kappa shape index (κ1) is 51.8. The molecule has 3 rings (SSSR count). The molecule has 350 valence electrons. The Morgan fingerprint density at radius 2 is 0.883 bits per heavy atom. The van der Waals surface area contributed by atoms with Crippen LogP contribution in [-0.2, 0) is 42.7 Å². The molecule has 3 aliphatic heterocycles. The molecule has 0 unspecified atom stereocenters. The molecule has 25 nitrogen and oxygen atoms in total. The number of hydrogen-bond donors (Lipinski definition) is 14. The second-order valence-electron chi connectivity index (χ2n) is 15.5. The number of rotatable bonds is 22. The third-order valence-electron chi connectivity index (χ3n) is 9.58. The molecule has 0 spiro atoms. The summed E-state index contributed by atoms with van der Waals surface area (Å²) in [5, 5.41) is 118. The number of carbonyl (C=O) groups excluding carboxylic acids is 3. The van der Waals surface area contributed by atoms with Gasteiger partial charge in [-0.3, -0.25) is 14.5 Å². The fourth-order valence-corrected chi connectivity index (χ4v) is 6.23. The summed E-state index contributed by atoms with van der Waals surface area (Å²) in [6.07, 6.45) is -23.6. The van der Waals surface area contributed by atoms with E-state index in [1.807, 2.05) is 0 Å². The van der Waals surface area contributed by atoms with Crippen LogP contribution in [0.4, 0.5) is 4.79 Å². The number of aliphatic hydroxyl groups excluding tert-OH is 11. The summed E-state index contributed by atoms with van der Waals surface area (Å²) < 4.78 is 37.8. The average Bonchev–Trinajstić information content (AvgIpc) is 3.20. The Labute approximate surface area is 346 Å². The maximum absolute atomic E-state index is 12.8. The van der Waals surface area contributed by atoms with Gasteiger partial charge >= 0.3 is 6.09 Å². The molecule has 0 aromatic rings. The molecule has 14 N–H and O–H groups in total. The molecule has 25 heteroatoms. The predicted octanol–water partition coefficient (Wildman–Crippen LogP) is -7.72. The van der Waals surface area contributed by atoms with Crippen LogP contribution in [0.5, 0.6) is 0 Å². The van der Waals surface area contributed by atoms with E-state index in [0.717, 1.165) is 0 Å². The molecule has 3 saturated heterocycles. The number of hydrogen-bond acceptors (Lipinski definition) is 22. The molecule has 60 heavy (non-hydrogen) atoms. The minimum absolute atomic E-state index is 0.0243. The molecule has 0 bridgehead atoms. The van der Waals surface area contributed by atoms with Crippen LogP contribution < -0.4 is 16.0 Å². The Balaban J connectivity index is 1.55. The van der Waals surface area contributed by atoms with Gasteiger partial charge in [0.05, 0.1) is 33.0 Å². The predicted molar refractivity (Wildman–Crippen MR) is 198 cm³/mol. The summed E-state index contributed by atoms with van der Waals surface area (Å²) >= 11 is 0. The molecule has 0 saturated carbocycles. The zero-order valence-corrected chi connectivity index (χ0v) is 33.8. The number of aliphatic hydroxyl groups is 11. The van der Waals surface area contributed by atoms with Gasteiger partial charge in [-0.25, -0.2) is 4.79 Å². The van der Waals surface area contributed by atoms with Crippen LogP contribution in [0, 0.1) is 0 Å². The Morgan fingerprint density at radius 1 is 0.533 bits per heavy atom. The fourth-order valence-electron chi connectivity index (χ4n) is 6.23. The number of alkyl carbamates (subject to hydrolysis) is 1. The highest BCUT2D eigenvalue weighted by atomic mass is 16.7. The summed E-state index contributed by atoms with van der Waals surface area (Å²) in [4.78, 5) is 39.2. The number of nitrogens with one attached hydrogen (secondary N) is 3. The lowest BCUT2D eigenvalue weighted by Crippen LogP contribution is -2.61. The van der Waals surface area contributed by atoms with Gasteiger partial charge < -0.3 is 105 Å². The lowest BCUT2D eigenvalue weighted by Gasteiger charge is -2.42. The second kappa shape index (κ2) is 25.0. The first-order chi connectivity index (χ1) is 28.3. The molecular formula is C35H64N4O21. The maximum Gasteiger partial charge on any atom is 0.407 e. The highest BCUT2D eigenvalue weighted by Gasteiger charge is 2.46. The quantitative estimate of drug-likeness (QED) is 0.0449. The van der Waals surface area contributed by atoms with E-state index in [2.05, 4.69) is 16.0 Å². The van der Waals surface area contributed by atoms with Gasteiger partial charge in [0.1, 0.15) is 78.8 Å². The molecule has 3 heterocycles. The minimum atomic E-state index is -1.73. The van der Waals surface area contributed by atoms with Crippen molar-refractivity contribution >= 4 is 17.9 Å². The van der Waals surface area contributed by atoms with E-state index >= 15 is 0 Å². The van der Waals surface area contributed by atoms with Crippen LogP contribution in [0.15, 0.2) is 0 Å². The number of ether oxygens (including phenoxy) is 7. The third kappa shape index (κ3) is 16.0. The summed E-state index contributed by atoms with van der Waals surface area (Å²) in [6, 6.07) is 0. The summed E-state index contributed by atoms with van der Waals surface area (Å²) in [7, 11) is 0. The SMILES string of the molecule is CC(C)(C)OC(=O)NCCO[C@@H]1O[C@H](CN(CCC(=O)NCCO[C@@H]2O[C@H](CO)[C@@H](O)[C@H](O)[C@H]2O)CCC(=O)NCCO[C@@H]2O[C@H](CO)[C@@H](O)[C@H](O)[C@H]2O)[C@@H](O)[C@H](O)[C@H]1O. The summed E-state index contributed by atoms with van der Waals surface area (Å²) in [5.74, 6) is -0.988. The van der Waals surface area contributed by atoms with Gasteiger partial charge in [0.25, 0.3) is 0 Å². The minimum Gasteiger partial charge on any atom is -0.444 e. The molecule has 0 aromatic heterocycles. The van der Waals surface area contributed by atoms with E-state index in [0.29, 0.717) is 0 Å². The van der Waals surface area contributed by atoms with Crippen LogP contribution >= 0.6 is 0 Å². The molecule has 0 radical (unpaired) electrons. The standard InChI is InChI=1S/C35H64N4O21/c1-35(2,3)60-34(53)38-8-13-56-31-28(50)25(47)22(44)17(57-31)14-39(9-4-20(42)36-6-11-54-32-29(51)26(48)23(45)18(15-40)58-32)10-5-21(43)37-7-12-55-33-30(52)27(49)24(46)19(16-41)59-33/h17-19,22-33,40-41,44-52H,4-16H2,1-3H3,(H,36,42)(H,37,43)(H,38,53)/t17-,18-,19-,22-,23-,24-,25+,26+,27+,28-,29-,30-,31-,32-,33-/m1/s1.